The lowest BCUT2D eigenvalue weighted by molar-refractivity contribution is -0.122. The lowest BCUT2D eigenvalue weighted by Crippen LogP contribution is -2.43. The number of carbonyl (C=O) groups is 1. The summed E-state index contributed by atoms with van der Waals surface area (Å²) in [5, 5.41) is 12.6. The highest BCUT2D eigenvalue weighted by Crippen LogP contribution is 2.29. The fraction of sp³-hybridized carbons (Fsp3) is 0.632. The van der Waals surface area contributed by atoms with E-state index in [1.165, 1.54) is 0 Å². The summed E-state index contributed by atoms with van der Waals surface area (Å²) in [7, 11) is 3.22. The third-order valence-electron chi connectivity index (χ3n) is 4.87. The van der Waals surface area contributed by atoms with Gasteiger partial charge in [0.25, 0.3) is 0 Å². The zero-order valence-corrected chi connectivity index (χ0v) is 15.2. The van der Waals surface area contributed by atoms with Crippen molar-refractivity contribution in [1.29, 1.82) is 0 Å². The molecule has 140 valence electrons. The van der Waals surface area contributed by atoms with Crippen molar-refractivity contribution in [3.8, 4) is 11.5 Å². The fourth-order valence-corrected chi connectivity index (χ4v) is 3.06. The lowest BCUT2D eigenvalue weighted by atomic mass is 9.81. The number of benzene rings is 1. The number of nitrogens with one attached hydrogen (secondary N) is 1. The quantitative estimate of drug-likeness (QED) is 0.711. The molecule has 1 saturated heterocycles. The summed E-state index contributed by atoms with van der Waals surface area (Å²) in [6, 6.07) is 5.81. The molecule has 1 fully saturated rings. The maximum Gasteiger partial charge on any atom is 0.220 e. The van der Waals surface area contributed by atoms with Crippen LogP contribution < -0.4 is 14.8 Å². The van der Waals surface area contributed by atoms with E-state index >= 15 is 0 Å². The molecule has 0 radical (unpaired) electrons. The molecule has 2 rings (SSSR count). The van der Waals surface area contributed by atoms with Crippen LogP contribution in [0.3, 0.4) is 0 Å². The van der Waals surface area contributed by atoms with Gasteiger partial charge in [-0.15, -0.1) is 0 Å². The van der Waals surface area contributed by atoms with E-state index in [4.69, 9.17) is 14.2 Å². The van der Waals surface area contributed by atoms with E-state index in [-0.39, 0.29) is 17.9 Å². The van der Waals surface area contributed by atoms with Crippen LogP contribution in [-0.4, -0.2) is 51.6 Å². The van der Waals surface area contributed by atoms with Crippen LogP contribution in [0.4, 0.5) is 0 Å². The number of ether oxygens (including phenoxy) is 3. The Morgan fingerprint density at radius 2 is 1.96 bits per heavy atom. The largest absolute Gasteiger partial charge is 0.493 e. The molecule has 2 N–H and O–H groups in total. The van der Waals surface area contributed by atoms with Gasteiger partial charge in [0.05, 0.1) is 20.8 Å². The Bertz CT molecular complexity index is 555. The number of aryl methyl sites for hydroxylation is 1. The number of hydrogen-bond acceptors (Lipinski definition) is 5. The van der Waals surface area contributed by atoms with Crippen molar-refractivity contribution in [3.63, 3.8) is 0 Å². The smallest absolute Gasteiger partial charge is 0.220 e. The number of amides is 1. The molecule has 1 aromatic carbocycles. The Morgan fingerprint density at radius 3 is 2.60 bits per heavy atom. The molecule has 1 amide bonds. The van der Waals surface area contributed by atoms with Gasteiger partial charge in [-0.25, -0.2) is 0 Å². The average molecular weight is 351 g/mol. The molecule has 0 saturated carbocycles. The molecular formula is C19H29NO5. The van der Waals surface area contributed by atoms with Crippen LogP contribution in [-0.2, 0) is 16.0 Å². The summed E-state index contributed by atoms with van der Waals surface area (Å²) in [5.74, 6) is 1.43. The molecule has 0 spiro atoms. The third kappa shape index (κ3) is 5.61. The van der Waals surface area contributed by atoms with E-state index in [1.807, 2.05) is 18.2 Å². The number of hydrogen-bond donors (Lipinski definition) is 2. The zero-order valence-electron chi connectivity index (χ0n) is 15.2. The van der Waals surface area contributed by atoms with Crippen molar-refractivity contribution < 1.29 is 24.1 Å². The molecular weight excluding hydrogens is 322 g/mol. The van der Waals surface area contributed by atoms with Gasteiger partial charge in [-0.1, -0.05) is 6.07 Å². The van der Waals surface area contributed by atoms with Crippen LogP contribution in [0.25, 0.3) is 0 Å². The maximum absolute atomic E-state index is 12.1. The molecule has 0 aromatic heterocycles. The molecule has 1 heterocycles. The maximum atomic E-state index is 12.1. The first-order valence-corrected chi connectivity index (χ1v) is 8.79. The third-order valence-corrected chi connectivity index (χ3v) is 4.87. The van der Waals surface area contributed by atoms with Crippen molar-refractivity contribution >= 4 is 5.91 Å². The highest BCUT2D eigenvalue weighted by Gasteiger charge is 2.32. The minimum atomic E-state index is -0.225. The minimum Gasteiger partial charge on any atom is -0.493 e. The van der Waals surface area contributed by atoms with E-state index in [0.29, 0.717) is 37.7 Å². The van der Waals surface area contributed by atoms with Crippen LogP contribution in [0, 0.1) is 5.41 Å². The van der Waals surface area contributed by atoms with Gasteiger partial charge >= 0.3 is 0 Å². The molecule has 0 unspecified atom stereocenters. The lowest BCUT2D eigenvalue weighted by Gasteiger charge is -2.35. The van der Waals surface area contributed by atoms with Crippen LogP contribution in [0.2, 0.25) is 0 Å². The number of methoxy groups -OCH3 is 2. The second-order valence-corrected chi connectivity index (χ2v) is 6.59. The standard InChI is InChI=1S/C19H29NO5/c1-23-16-7-6-15(12-17(16)24-2)4-3-5-18(22)20-13-19(14-21)8-10-25-11-9-19/h6-7,12,21H,3-5,8-11,13-14H2,1-2H3,(H,20,22). The van der Waals surface area contributed by atoms with Crippen molar-refractivity contribution in [2.75, 3.05) is 40.6 Å². The number of rotatable bonds is 9. The summed E-state index contributed by atoms with van der Waals surface area (Å²) >= 11 is 0. The molecule has 1 aliphatic heterocycles. The predicted octanol–water partition coefficient (Wildman–Crippen LogP) is 1.93. The average Bonchev–Trinajstić information content (AvgIpc) is 2.67. The Labute approximate surface area is 149 Å². The van der Waals surface area contributed by atoms with Crippen molar-refractivity contribution in [2.45, 2.75) is 32.1 Å². The fourth-order valence-electron chi connectivity index (χ4n) is 3.06. The summed E-state index contributed by atoms with van der Waals surface area (Å²) in [6.07, 6.45) is 3.60. The Balaban J connectivity index is 1.75. The Kier molecular flexibility index (Phi) is 7.52. The van der Waals surface area contributed by atoms with Gasteiger partial charge in [0, 0.05) is 31.6 Å². The van der Waals surface area contributed by atoms with Gasteiger partial charge in [-0.05, 0) is 43.4 Å². The van der Waals surface area contributed by atoms with Gasteiger partial charge in [0.1, 0.15) is 0 Å². The van der Waals surface area contributed by atoms with E-state index in [1.54, 1.807) is 14.2 Å². The van der Waals surface area contributed by atoms with Gasteiger partial charge in [-0.2, -0.15) is 0 Å². The number of aliphatic hydroxyl groups is 1. The normalized spacial score (nSPS) is 16.3. The van der Waals surface area contributed by atoms with Crippen LogP contribution in [0.5, 0.6) is 11.5 Å². The van der Waals surface area contributed by atoms with Crippen molar-refractivity contribution in [2.24, 2.45) is 5.41 Å². The first-order chi connectivity index (χ1) is 12.1. The van der Waals surface area contributed by atoms with Gasteiger partial charge < -0.3 is 24.6 Å². The van der Waals surface area contributed by atoms with E-state index in [2.05, 4.69) is 5.32 Å². The van der Waals surface area contributed by atoms with Gasteiger partial charge in [0.2, 0.25) is 5.91 Å². The molecule has 0 aliphatic carbocycles. The summed E-state index contributed by atoms with van der Waals surface area (Å²) < 4.78 is 15.9. The molecule has 6 heteroatoms. The molecule has 0 atom stereocenters. The first kappa shape index (κ1) is 19.5. The Hall–Kier alpha value is -1.79. The molecule has 1 aromatic rings. The first-order valence-electron chi connectivity index (χ1n) is 8.79. The molecule has 25 heavy (non-hydrogen) atoms. The monoisotopic (exact) mass is 351 g/mol. The highest BCUT2D eigenvalue weighted by molar-refractivity contribution is 5.75. The van der Waals surface area contributed by atoms with Crippen LogP contribution in [0.15, 0.2) is 18.2 Å². The predicted molar refractivity (Wildman–Crippen MR) is 95.1 cm³/mol. The van der Waals surface area contributed by atoms with E-state index in [0.717, 1.165) is 31.2 Å². The summed E-state index contributed by atoms with van der Waals surface area (Å²) in [4.78, 5) is 12.1. The van der Waals surface area contributed by atoms with E-state index in [9.17, 15) is 9.90 Å². The topological polar surface area (TPSA) is 77.0 Å². The van der Waals surface area contributed by atoms with Gasteiger partial charge in [0.15, 0.2) is 11.5 Å². The number of carbonyl (C=O) groups excluding carboxylic acids is 1. The SMILES string of the molecule is COc1ccc(CCCC(=O)NCC2(CO)CCOCC2)cc1OC. The van der Waals surface area contributed by atoms with Crippen LogP contribution in [0.1, 0.15) is 31.2 Å². The summed E-state index contributed by atoms with van der Waals surface area (Å²) in [5.41, 5.74) is 0.888. The van der Waals surface area contributed by atoms with Crippen LogP contribution >= 0.6 is 0 Å². The second kappa shape index (κ2) is 9.63. The van der Waals surface area contributed by atoms with E-state index < -0.39 is 0 Å². The molecule has 1 aliphatic rings. The zero-order chi connectivity index (χ0) is 18.1. The Morgan fingerprint density at radius 1 is 1.24 bits per heavy atom. The molecule has 0 bridgehead atoms. The van der Waals surface area contributed by atoms with Crippen molar-refractivity contribution in [1.82, 2.24) is 5.32 Å². The number of aliphatic hydroxyl groups excluding tert-OH is 1. The second-order valence-electron chi connectivity index (χ2n) is 6.59. The summed E-state index contributed by atoms with van der Waals surface area (Å²) in [6.45, 7) is 1.90. The van der Waals surface area contributed by atoms with Gasteiger partial charge in [-0.3, -0.25) is 4.79 Å². The van der Waals surface area contributed by atoms with Crippen molar-refractivity contribution in [3.05, 3.63) is 23.8 Å². The highest BCUT2D eigenvalue weighted by atomic mass is 16.5. The molecule has 6 nitrogen and oxygen atoms in total. The minimum absolute atomic E-state index is 0.0276.